The van der Waals surface area contributed by atoms with Crippen LogP contribution >= 0.6 is 0 Å². The van der Waals surface area contributed by atoms with Crippen LogP contribution in [0.1, 0.15) is 24.3 Å². The quantitative estimate of drug-likeness (QED) is 0.816. The van der Waals surface area contributed by atoms with Gasteiger partial charge in [-0.3, -0.25) is 15.0 Å². The van der Waals surface area contributed by atoms with Gasteiger partial charge < -0.3 is 5.32 Å². The zero-order chi connectivity index (χ0) is 15.8. The summed E-state index contributed by atoms with van der Waals surface area (Å²) in [6.07, 6.45) is 3.65. The standard InChI is InChI=1S/C17H23N3O2/c1-2-10-18-17(22)19-16(21)13-20-11-8-15(9-12-20)14-6-4-3-5-7-14/h2-7,15H,1,8-13H2,(H2,18,19,21,22). The lowest BCUT2D eigenvalue weighted by Gasteiger charge is -2.31. The Hall–Kier alpha value is -2.14. The third-order valence-corrected chi connectivity index (χ3v) is 3.89. The second kappa shape index (κ2) is 8.34. The van der Waals surface area contributed by atoms with Crippen LogP contribution < -0.4 is 10.6 Å². The predicted molar refractivity (Wildman–Crippen MR) is 86.6 cm³/mol. The van der Waals surface area contributed by atoms with Crippen molar-refractivity contribution in [3.8, 4) is 0 Å². The van der Waals surface area contributed by atoms with E-state index in [1.54, 1.807) is 6.08 Å². The van der Waals surface area contributed by atoms with E-state index in [0.29, 0.717) is 12.5 Å². The van der Waals surface area contributed by atoms with Gasteiger partial charge in [0.05, 0.1) is 6.54 Å². The monoisotopic (exact) mass is 301 g/mol. The van der Waals surface area contributed by atoms with Crippen molar-refractivity contribution in [2.45, 2.75) is 18.8 Å². The molecule has 3 amide bonds. The number of benzene rings is 1. The summed E-state index contributed by atoms with van der Waals surface area (Å²) in [5.74, 6) is 0.302. The molecule has 1 aliphatic rings. The van der Waals surface area contributed by atoms with Crippen molar-refractivity contribution >= 4 is 11.9 Å². The Morgan fingerprint density at radius 2 is 1.91 bits per heavy atom. The molecule has 0 saturated carbocycles. The van der Waals surface area contributed by atoms with Crippen molar-refractivity contribution in [1.29, 1.82) is 0 Å². The highest BCUT2D eigenvalue weighted by molar-refractivity contribution is 5.95. The second-order valence-electron chi connectivity index (χ2n) is 5.51. The molecule has 0 aromatic heterocycles. The van der Waals surface area contributed by atoms with Gasteiger partial charge in [-0.25, -0.2) is 4.79 Å². The Kier molecular flexibility index (Phi) is 6.15. The summed E-state index contributed by atoms with van der Waals surface area (Å²) in [4.78, 5) is 25.3. The molecule has 5 heteroatoms. The van der Waals surface area contributed by atoms with E-state index in [1.807, 2.05) is 6.07 Å². The Bertz CT molecular complexity index is 508. The minimum absolute atomic E-state index is 0.264. The van der Waals surface area contributed by atoms with Gasteiger partial charge in [-0.1, -0.05) is 36.4 Å². The van der Waals surface area contributed by atoms with Crippen LogP contribution in [0.15, 0.2) is 43.0 Å². The summed E-state index contributed by atoms with van der Waals surface area (Å²) in [5.41, 5.74) is 1.37. The molecule has 22 heavy (non-hydrogen) atoms. The smallest absolute Gasteiger partial charge is 0.321 e. The number of urea groups is 1. The topological polar surface area (TPSA) is 61.4 Å². The Morgan fingerprint density at radius 1 is 1.23 bits per heavy atom. The van der Waals surface area contributed by atoms with Gasteiger partial charge in [0.25, 0.3) is 0 Å². The zero-order valence-corrected chi connectivity index (χ0v) is 12.8. The third-order valence-electron chi connectivity index (χ3n) is 3.89. The number of likely N-dealkylation sites (tertiary alicyclic amines) is 1. The summed E-state index contributed by atoms with van der Waals surface area (Å²) < 4.78 is 0. The summed E-state index contributed by atoms with van der Waals surface area (Å²) in [6.45, 7) is 5.87. The summed E-state index contributed by atoms with van der Waals surface area (Å²) in [6, 6.07) is 10.0. The van der Waals surface area contributed by atoms with Gasteiger partial charge in [-0.05, 0) is 37.4 Å². The summed E-state index contributed by atoms with van der Waals surface area (Å²) in [7, 11) is 0. The zero-order valence-electron chi connectivity index (χ0n) is 12.8. The first-order valence-corrected chi connectivity index (χ1v) is 7.65. The fraction of sp³-hybridized carbons (Fsp3) is 0.412. The largest absolute Gasteiger partial charge is 0.334 e. The van der Waals surface area contributed by atoms with Crippen LogP contribution in [0.4, 0.5) is 4.79 Å². The third kappa shape index (κ3) is 5.00. The number of hydrogen-bond acceptors (Lipinski definition) is 3. The average molecular weight is 301 g/mol. The maximum Gasteiger partial charge on any atom is 0.321 e. The first-order chi connectivity index (χ1) is 10.7. The van der Waals surface area contributed by atoms with Crippen molar-refractivity contribution in [2.24, 2.45) is 0 Å². The van der Waals surface area contributed by atoms with Gasteiger partial charge in [0.2, 0.25) is 5.91 Å². The van der Waals surface area contributed by atoms with Crippen LogP contribution in [0, 0.1) is 0 Å². The molecule has 1 fully saturated rings. The molecule has 5 nitrogen and oxygen atoms in total. The van der Waals surface area contributed by atoms with Crippen molar-refractivity contribution in [3.05, 3.63) is 48.6 Å². The Labute approximate surface area is 131 Å². The number of nitrogens with zero attached hydrogens (tertiary/aromatic N) is 1. The summed E-state index contributed by atoms with van der Waals surface area (Å²) in [5, 5.41) is 4.85. The number of imide groups is 1. The molecule has 1 aromatic rings. The Morgan fingerprint density at radius 3 is 2.55 bits per heavy atom. The molecule has 1 aliphatic heterocycles. The number of hydrogen-bond donors (Lipinski definition) is 2. The molecule has 1 heterocycles. The number of carbonyl (C=O) groups excluding carboxylic acids is 2. The lowest BCUT2D eigenvalue weighted by Crippen LogP contribution is -2.46. The lowest BCUT2D eigenvalue weighted by molar-refractivity contribution is -0.121. The van der Waals surface area contributed by atoms with Crippen LogP contribution in [0.25, 0.3) is 0 Å². The predicted octanol–water partition coefficient (Wildman–Crippen LogP) is 1.88. The van der Waals surface area contributed by atoms with E-state index in [0.717, 1.165) is 25.9 Å². The highest BCUT2D eigenvalue weighted by Crippen LogP contribution is 2.27. The van der Waals surface area contributed by atoms with Crippen LogP contribution in [-0.2, 0) is 4.79 Å². The molecule has 2 rings (SSSR count). The van der Waals surface area contributed by atoms with Crippen LogP contribution in [-0.4, -0.2) is 43.0 Å². The molecule has 1 aromatic carbocycles. The molecule has 0 bridgehead atoms. The van der Waals surface area contributed by atoms with E-state index in [4.69, 9.17) is 0 Å². The van der Waals surface area contributed by atoms with E-state index in [2.05, 4.69) is 46.4 Å². The van der Waals surface area contributed by atoms with E-state index in [9.17, 15) is 9.59 Å². The maximum atomic E-state index is 11.8. The van der Waals surface area contributed by atoms with Crippen LogP contribution in [0.3, 0.4) is 0 Å². The van der Waals surface area contributed by atoms with Gasteiger partial charge in [0.15, 0.2) is 0 Å². The van der Waals surface area contributed by atoms with Crippen molar-refractivity contribution in [1.82, 2.24) is 15.5 Å². The van der Waals surface area contributed by atoms with Gasteiger partial charge >= 0.3 is 6.03 Å². The minimum Gasteiger partial charge on any atom is -0.334 e. The van der Waals surface area contributed by atoms with E-state index in [1.165, 1.54) is 5.56 Å². The molecule has 0 spiro atoms. The fourth-order valence-electron chi connectivity index (χ4n) is 2.73. The Balaban J connectivity index is 1.72. The molecule has 0 aliphatic carbocycles. The normalized spacial score (nSPS) is 16.0. The fourth-order valence-corrected chi connectivity index (χ4v) is 2.73. The number of rotatable bonds is 5. The number of amides is 3. The highest BCUT2D eigenvalue weighted by atomic mass is 16.2. The minimum atomic E-state index is -0.468. The number of nitrogens with one attached hydrogen (secondary N) is 2. The first-order valence-electron chi connectivity index (χ1n) is 7.65. The van der Waals surface area contributed by atoms with Gasteiger partial charge in [0, 0.05) is 6.54 Å². The number of carbonyl (C=O) groups is 2. The molecule has 1 saturated heterocycles. The highest BCUT2D eigenvalue weighted by Gasteiger charge is 2.22. The molecule has 2 N–H and O–H groups in total. The SMILES string of the molecule is C=CCNC(=O)NC(=O)CN1CCC(c2ccccc2)CC1. The van der Waals surface area contributed by atoms with Crippen molar-refractivity contribution < 1.29 is 9.59 Å². The molecule has 0 unspecified atom stereocenters. The number of piperidine rings is 1. The lowest BCUT2D eigenvalue weighted by atomic mass is 9.89. The molecule has 0 radical (unpaired) electrons. The van der Waals surface area contributed by atoms with Gasteiger partial charge in [-0.15, -0.1) is 6.58 Å². The average Bonchev–Trinajstić information content (AvgIpc) is 2.54. The van der Waals surface area contributed by atoms with E-state index >= 15 is 0 Å². The van der Waals surface area contributed by atoms with Crippen molar-refractivity contribution in [3.63, 3.8) is 0 Å². The molecule has 118 valence electrons. The molecule has 0 atom stereocenters. The second-order valence-corrected chi connectivity index (χ2v) is 5.51. The maximum absolute atomic E-state index is 11.8. The first kappa shape index (κ1) is 16.2. The van der Waals surface area contributed by atoms with Crippen LogP contribution in [0.5, 0.6) is 0 Å². The van der Waals surface area contributed by atoms with E-state index < -0.39 is 6.03 Å². The van der Waals surface area contributed by atoms with Gasteiger partial charge in [-0.2, -0.15) is 0 Å². The summed E-state index contributed by atoms with van der Waals surface area (Å²) >= 11 is 0. The van der Waals surface area contributed by atoms with Crippen molar-refractivity contribution in [2.75, 3.05) is 26.2 Å². The van der Waals surface area contributed by atoms with Crippen LogP contribution in [0.2, 0.25) is 0 Å². The molecular weight excluding hydrogens is 278 g/mol. The molecular formula is C17H23N3O2. The van der Waals surface area contributed by atoms with E-state index in [-0.39, 0.29) is 12.5 Å². The van der Waals surface area contributed by atoms with Gasteiger partial charge in [0.1, 0.15) is 0 Å².